The summed E-state index contributed by atoms with van der Waals surface area (Å²) in [6, 6.07) is 2.07. The largest absolute Gasteiger partial charge is 0.377 e. The first-order chi connectivity index (χ1) is 8.04. The first-order valence-electron chi connectivity index (χ1n) is 6.03. The van der Waals surface area contributed by atoms with Crippen LogP contribution in [0.1, 0.15) is 25.1 Å². The van der Waals surface area contributed by atoms with E-state index < -0.39 is 0 Å². The molecule has 0 atom stereocenters. The molecule has 4 heteroatoms. The molecule has 0 bridgehead atoms. The van der Waals surface area contributed by atoms with E-state index in [1.165, 1.54) is 0 Å². The van der Waals surface area contributed by atoms with Crippen LogP contribution in [0.15, 0.2) is 12.3 Å². The molecule has 0 fully saturated rings. The molecule has 0 radical (unpaired) electrons. The maximum atomic E-state index is 5.72. The highest BCUT2D eigenvalue weighted by atomic mass is 16.5. The number of hydrogen-bond donors (Lipinski definition) is 1. The molecule has 0 saturated heterocycles. The Morgan fingerprint density at radius 3 is 2.76 bits per heavy atom. The minimum Gasteiger partial charge on any atom is -0.377 e. The van der Waals surface area contributed by atoms with E-state index in [-0.39, 0.29) is 6.10 Å². The summed E-state index contributed by atoms with van der Waals surface area (Å²) in [5.74, 6) is 0. The van der Waals surface area contributed by atoms with Gasteiger partial charge in [-0.05, 0) is 26.8 Å². The number of nitrogens with zero attached hydrogens (tertiary/aromatic N) is 2. The summed E-state index contributed by atoms with van der Waals surface area (Å²) in [6.07, 6.45) is 2.13. The topological polar surface area (TPSA) is 51.4 Å². The number of aryl methyl sites for hydroxylation is 1. The van der Waals surface area contributed by atoms with Gasteiger partial charge in [-0.25, -0.2) is 0 Å². The molecular weight excluding hydrogens is 214 g/mol. The molecule has 0 aliphatic carbocycles. The van der Waals surface area contributed by atoms with Gasteiger partial charge in [-0.3, -0.25) is 4.98 Å². The van der Waals surface area contributed by atoms with Crippen molar-refractivity contribution in [1.29, 1.82) is 0 Å². The van der Waals surface area contributed by atoms with Crippen LogP contribution >= 0.6 is 0 Å². The second kappa shape index (κ2) is 6.57. The van der Waals surface area contributed by atoms with Crippen LogP contribution in [0.2, 0.25) is 0 Å². The summed E-state index contributed by atoms with van der Waals surface area (Å²) in [5, 5.41) is 0. The van der Waals surface area contributed by atoms with Crippen LogP contribution in [0, 0.1) is 6.92 Å². The highest BCUT2D eigenvalue weighted by Gasteiger charge is 2.07. The van der Waals surface area contributed by atoms with Crippen LogP contribution in [0.5, 0.6) is 0 Å². The lowest BCUT2D eigenvalue weighted by Crippen LogP contribution is -2.25. The van der Waals surface area contributed by atoms with Crippen LogP contribution in [0.25, 0.3) is 0 Å². The molecule has 0 amide bonds. The zero-order valence-corrected chi connectivity index (χ0v) is 11.2. The lowest BCUT2D eigenvalue weighted by molar-refractivity contribution is 0.0846. The van der Waals surface area contributed by atoms with Crippen LogP contribution in [0.3, 0.4) is 0 Å². The fourth-order valence-electron chi connectivity index (χ4n) is 1.63. The standard InChI is InChI=1S/C13H23N3O/c1-10(2)17-6-5-16(4)13-7-11(3)15-9-12(13)8-14/h7,9-10H,5-6,8,14H2,1-4H3. The predicted molar refractivity (Wildman–Crippen MR) is 71.2 cm³/mol. The van der Waals surface area contributed by atoms with Gasteiger partial charge in [-0.15, -0.1) is 0 Å². The molecule has 96 valence electrons. The Balaban J connectivity index is 2.66. The molecule has 1 heterocycles. The number of hydrogen-bond acceptors (Lipinski definition) is 4. The van der Waals surface area contributed by atoms with Crippen molar-refractivity contribution in [2.45, 2.75) is 33.4 Å². The highest BCUT2D eigenvalue weighted by Crippen LogP contribution is 2.18. The number of pyridine rings is 1. The third-order valence-electron chi connectivity index (χ3n) is 2.61. The van der Waals surface area contributed by atoms with Gasteiger partial charge in [0.25, 0.3) is 0 Å². The van der Waals surface area contributed by atoms with E-state index in [0.717, 1.165) is 30.1 Å². The van der Waals surface area contributed by atoms with Crippen molar-refractivity contribution in [1.82, 2.24) is 4.98 Å². The third-order valence-corrected chi connectivity index (χ3v) is 2.61. The zero-order valence-electron chi connectivity index (χ0n) is 11.2. The molecule has 0 saturated carbocycles. The SMILES string of the molecule is Cc1cc(N(C)CCOC(C)C)c(CN)cn1. The second-order valence-electron chi connectivity index (χ2n) is 4.50. The molecule has 2 N–H and O–H groups in total. The van der Waals surface area contributed by atoms with E-state index in [2.05, 4.69) is 23.0 Å². The summed E-state index contributed by atoms with van der Waals surface area (Å²) < 4.78 is 5.55. The molecule has 17 heavy (non-hydrogen) atoms. The number of nitrogens with two attached hydrogens (primary N) is 1. The summed E-state index contributed by atoms with van der Waals surface area (Å²) in [5.41, 5.74) is 8.94. The lowest BCUT2D eigenvalue weighted by atomic mass is 10.2. The van der Waals surface area contributed by atoms with Gasteiger partial charge in [-0.1, -0.05) is 0 Å². The Morgan fingerprint density at radius 2 is 2.18 bits per heavy atom. The number of likely N-dealkylation sites (N-methyl/N-ethyl adjacent to an activating group) is 1. The minimum atomic E-state index is 0.275. The Kier molecular flexibility index (Phi) is 5.38. The van der Waals surface area contributed by atoms with E-state index >= 15 is 0 Å². The van der Waals surface area contributed by atoms with Gasteiger partial charge in [0.2, 0.25) is 0 Å². The van der Waals surface area contributed by atoms with Crippen LogP contribution < -0.4 is 10.6 Å². The molecular formula is C13H23N3O. The van der Waals surface area contributed by atoms with Gasteiger partial charge < -0.3 is 15.4 Å². The van der Waals surface area contributed by atoms with Gasteiger partial charge in [0, 0.05) is 43.3 Å². The summed E-state index contributed by atoms with van der Waals surface area (Å²) in [6.45, 7) is 8.16. The Labute approximate surface area is 104 Å². The Bertz CT molecular complexity index is 353. The highest BCUT2D eigenvalue weighted by molar-refractivity contribution is 5.52. The molecule has 1 aromatic rings. The van der Waals surface area contributed by atoms with Gasteiger partial charge >= 0.3 is 0 Å². The number of anilines is 1. The van der Waals surface area contributed by atoms with Crippen LogP contribution in [-0.2, 0) is 11.3 Å². The summed E-state index contributed by atoms with van der Waals surface area (Å²) in [7, 11) is 2.05. The second-order valence-corrected chi connectivity index (χ2v) is 4.50. The van der Waals surface area contributed by atoms with Crippen molar-refractivity contribution < 1.29 is 4.74 Å². The molecule has 0 spiro atoms. The Morgan fingerprint density at radius 1 is 1.47 bits per heavy atom. The fraction of sp³-hybridized carbons (Fsp3) is 0.615. The molecule has 0 aliphatic heterocycles. The van der Waals surface area contributed by atoms with Crippen molar-refractivity contribution in [3.8, 4) is 0 Å². The van der Waals surface area contributed by atoms with Crippen molar-refractivity contribution >= 4 is 5.69 Å². The van der Waals surface area contributed by atoms with E-state index in [4.69, 9.17) is 10.5 Å². The van der Waals surface area contributed by atoms with E-state index in [1.54, 1.807) is 0 Å². The van der Waals surface area contributed by atoms with Crippen molar-refractivity contribution in [3.05, 3.63) is 23.5 Å². The number of ether oxygens (including phenoxy) is 1. The van der Waals surface area contributed by atoms with Crippen molar-refractivity contribution in [3.63, 3.8) is 0 Å². The predicted octanol–water partition coefficient (Wildman–Crippen LogP) is 1.71. The molecule has 0 unspecified atom stereocenters. The van der Waals surface area contributed by atoms with E-state index in [9.17, 15) is 0 Å². The maximum absolute atomic E-state index is 5.72. The zero-order chi connectivity index (χ0) is 12.8. The van der Waals surface area contributed by atoms with Gasteiger partial charge in [0.15, 0.2) is 0 Å². The average molecular weight is 237 g/mol. The smallest absolute Gasteiger partial charge is 0.0644 e. The lowest BCUT2D eigenvalue weighted by Gasteiger charge is -2.22. The normalized spacial score (nSPS) is 10.9. The fourth-order valence-corrected chi connectivity index (χ4v) is 1.63. The average Bonchev–Trinajstić information content (AvgIpc) is 2.28. The van der Waals surface area contributed by atoms with Crippen LogP contribution in [0.4, 0.5) is 5.69 Å². The third kappa shape index (κ3) is 4.32. The van der Waals surface area contributed by atoms with Crippen LogP contribution in [-0.4, -0.2) is 31.3 Å². The maximum Gasteiger partial charge on any atom is 0.0644 e. The van der Waals surface area contributed by atoms with Crippen molar-refractivity contribution in [2.24, 2.45) is 5.73 Å². The van der Waals surface area contributed by atoms with E-state index in [0.29, 0.717) is 6.54 Å². The van der Waals surface area contributed by atoms with Gasteiger partial charge in [0.05, 0.1) is 12.7 Å². The number of rotatable bonds is 6. The molecule has 1 aromatic heterocycles. The summed E-state index contributed by atoms with van der Waals surface area (Å²) in [4.78, 5) is 6.43. The summed E-state index contributed by atoms with van der Waals surface area (Å²) >= 11 is 0. The Hall–Kier alpha value is -1.13. The van der Waals surface area contributed by atoms with E-state index in [1.807, 2.05) is 27.0 Å². The van der Waals surface area contributed by atoms with Gasteiger partial charge in [-0.2, -0.15) is 0 Å². The first-order valence-corrected chi connectivity index (χ1v) is 6.03. The quantitative estimate of drug-likeness (QED) is 0.818. The first kappa shape index (κ1) is 13.9. The molecule has 4 nitrogen and oxygen atoms in total. The molecule has 0 aliphatic rings. The number of aromatic nitrogens is 1. The minimum absolute atomic E-state index is 0.275. The molecule has 1 rings (SSSR count). The monoisotopic (exact) mass is 237 g/mol. The van der Waals surface area contributed by atoms with Crippen molar-refractivity contribution in [2.75, 3.05) is 25.1 Å². The molecule has 0 aromatic carbocycles. The van der Waals surface area contributed by atoms with Gasteiger partial charge in [0.1, 0.15) is 0 Å².